The molecule has 0 atom stereocenters. The van der Waals surface area contributed by atoms with Crippen molar-refractivity contribution in [3.05, 3.63) is 29.8 Å². The Morgan fingerprint density at radius 3 is 2.40 bits per heavy atom. The molecular weight excluding hydrogens is 274 g/mol. The van der Waals surface area contributed by atoms with Gasteiger partial charge in [-0.05, 0) is 38.2 Å². The van der Waals surface area contributed by atoms with Crippen molar-refractivity contribution in [2.45, 2.75) is 19.1 Å². The molecule has 114 valence electrons. The van der Waals surface area contributed by atoms with E-state index in [1.54, 1.807) is 28.6 Å². The molecule has 0 spiro atoms. The first-order valence-electron chi connectivity index (χ1n) is 6.82. The van der Waals surface area contributed by atoms with Gasteiger partial charge in [0.1, 0.15) is 0 Å². The highest BCUT2D eigenvalue weighted by atomic mass is 32.2. The number of likely N-dealkylation sites (N-methyl/N-ethyl adjacent to an activating group) is 1. The van der Waals surface area contributed by atoms with Crippen LogP contribution in [0.25, 0.3) is 0 Å². The van der Waals surface area contributed by atoms with Crippen LogP contribution in [0, 0.1) is 0 Å². The fourth-order valence-corrected chi connectivity index (χ4v) is 3.54. The first-order chi connectivity index (χ1) is 9.35. The Labute approximate surface area is 122 Å². The molecule has 0 aliphatic rings. The number of rotatable bonds is 8. The van der Waals surface area contributed by atoms with Crippen molar-refractivity contribution in [2.24, 2.45) is 0 Å². The molecule has 1 aromatic carbocycles. The fraction of sp³-hybridized carbons (Fsp3) is 0.571. The van der Waals surface area contributed by atoms with Gasteiger partial charge in [-0.3, -0.25) is 0 Å². The summed E-state index contributed by atoms with van der Waals surface area (Å²) in [5, 5.41) is 0. The Morgan fingerprint density at radius 2 is 1.85 bits per heavy atom. The van der Waals surface area contributed by atoms with E-state index < -0.39 is 10.0 Å². The first kappa shape index (κ1) is 16.9. The maximum absolute atomic E-state index is 12.5. The third kappa shape index (κ3) is 5.48. The van der Waals surface area contributed by atoms with Crippen molar-refractivity contribution >= 4 is 15.7 Å². The Balaban J connectivity index is 2.81. The minimum absolute atomic E-state index is 0.00543. The topological polar surface area (TPSA) is 66.6 Å². The average Bonchev–Trinajstić information content (AvgIpc) is 2.33. The van der Waals surface area contributed by atoms with Crippen LogP contribution in [0.5, 0.6) is 0 Å². The van der Waals surface area contributed by atoms with Crippen LogP contribution in [-0.2, 0) is 15.8 Å². The van der Waals surface area contributed by atoms with Crippen molar-refractivity contribution < 1.29 is 8.42 Å². The molecule has 0 unspecified atom stereocenters. The van der Waals surface area contributed by atoms with Crippen LogP contribution in [0.1, 0.15) is 18.9 Å². The summed E-state index contributed by atoms with van der Waals surface area (Å²) >= 11 is 0. The van der Waals surface area contributed by atoms with Gasteiger partial charge in [0.05, 0.1) is 5.75 Å². The van der Waals surface area contributed by atoms with Crippen LogP contribution in [0.2, 0.25) is 0 Å². The molecule has 0 radical (unpaired) electrons. The molecular formula is C14H25N3O2S. The Hall–Kier alpha value is -1.11. The summed E-state index contributed by atoms with van der Waals surface area (Å²) < 4.78 is 26.5. The molecule has 0 amide bonds. The van der Waals surface area contributed by atoms with Gasteiger partial charge in [-0.2, -0.15) is 0 Å². The molecule has 0 saturated heterocycles. The number of hydrogen-bond donors (Lipinski definition) is 1. The van der Waals surface area contributed by atoms with E-state index in [1.807, 2.05) is 25.9 Å². The van der Waals surface area contributed by atoms with Crippen molar-refractivity contribution in [1.29, 1.82) is 0 Å². The van der Waals surface area contributed by atoms with Gasteiger partial charge in [-0.25, -0.2) is 12.7 Å². The quantitative estimate of drug-likeness (QED) is 0.736. The van der Waals surface area contributed by atoms with E-state index in [2.05, 4.69) is 0 Å². The zero-order chi connectivity index (χ0) is 15.2. The zero-order valence-electron chi connectivity index (χ0n) is 12.5. The van der Waals surface area contributed by atoms with Gasteiger partial charge in [-0.1, -0.05) is 19.1 Å². The zero-order valence-corrected chi connectivity index (χ0v) is 13.4. The van der Waals surface area contributed by atoms with Crippen LogP contribution in [-0.4, -0.2) is 51.4 Å². The Bertz CT molecular complexity index is 515. The molecule has 6 heteroatoms. The number of hydrogen-bond acceptors (Lipinski definition) is 4. The Morgan fingerprint density at radius 1 is 1.15 bits per heavy atom. The van der Waals surface area contributed by atoms with E-state index in [4.69, 9.17) is 5.73 Å². The minimum atomic E-state index is -3.30. The van der Waals surface area contributed by atoms with E-state index in [0.29, 0.717) is 18.8 Å². The number of nitrogen functional groups attached to an aromatic ring is 1. The van der Waals surface area contributed by atoms with Gasteiger partial charge in [0.15, 0.2) is 0 Å². The summed E-state index contributed by atoms with van der Waals surface area (Å²) in [5.74, 6) is 0.00543. The molecule has 5 nitrogen and oxygen atoms in total. The predicted octanol–water partition coefficient (Wildman–Crippen LogP) is 1.37. The van der Waals surface area contributed by atoms with Gasteiger partial charge < -0.3 is 10.6 Å². The molecule has 0 aliphatic heterocycles. The van der Waals surface area contributed by atoms with Crippen LogP contribution >= 0.6 is 0 Å². The van der Waals surface area contributed by atoms with Crippen LogP contribution in [0.4, 0.5) is 5.69 Å². The molecule has 1 aromatic rings. The minimum Gasteiger partial charge on any atom is -0.399 e. The second-order valence-electron chi connectivity index (χ2n) is 5.20. The summed E-state index contributed by atoms with van der Waals surface area (Å²) in [4.78, 5) is 1.98. The SMILES string of the molecule is CCCN(CCN(C)C)S(=O)(=O)Cc1cccc(N)c1. The number of anilines is 1. The lowest BCUT2D eigenvalue weighted by molar-refractivity contribution is 0.332. The van der Waals surface area contributed by atoms with Gasteiger partial charge in [0.25, 0.3) is 0 Å². The van der Waals surface area contributed by atoms with Crippen LogP contribution < -0.4 is 5.73 Å². The standard InChI is InChI=1S/C14H25N3O2S/c1-4-8-17(10-9-16(2)3)20(18,19)12-13-6-5-7-14(15)11-13/h5-7,11H,4,8-10,12,15H2,1-3H3. The van der Waals surface area contributed by atoms with Gasteiger partial charge in [0.2, 0.25) is 10.0 Å². The number of benzene rings is 1. The predicted molar refractivity (Wildman–Crippen MR) is 83.9 cm³/mol. The maximum atomic E-state index is 12.5. The van der Waals surface area contributed by atoms with E-state index in [9.17, 15) is 8.42 Å². The molecule has 0 aromatic heterocycles. The second kappa shape index (κ2) is 7.61. The summed E-state index contributed by atoms with van der Waals surface area (Å²) in [6, 6.07) is 7.05. The highest BCUT2D eigenvalue weighted by Crippen LogP contribution is 2.14. The summed E-state index contributed by atoms with van der Waals surface area (Å²) in [6.45, 7) is 3.78. The molecule has 0 heterocycles. The molecule has 20 heavy (non-hydrogen) atoms. The van der Waals surface area contributed by atoms with Crippen molar-refractivity contribution in [1.82, 2.24) is 9.21 Å². The largest absolute Gasteiger partial charge is 0.399 e. The lowest BCUT2D eigenvalue weighted by atomic mass is 10.2. The van der Waals surface area contributed by atoms with E-state index >= 15 is 0 Å². The van der Waals surface area contributed by atoms with Gasteiger partial charge in [0, 0.05) is 25.3 Å². The third-order valence-corrected chi connectivity index (χ3v) is 4.81. The fourth-order valence-electron chi connectivity index (χ4n) is 1.94. The third-order valence-electron chi connectivity index (χ3n) is 2.96. The second-order valence-corrected chi connectivity index (χ2v) is 7.17. The lowest BCUT2D eigenvalue weighted by Crippen LogP contribution is -2.37. The molecule has 0 saturated carbocycles. The highest BCUT2D eigenvalue weighted by molar-refractivity contribution is 7.88. The van der Waals surface area contributed by atoms with Crippen molar-refractivity contribution in [3.8, 4) is 0 Å². The Kier molecular flexibility index (Phi) is 6.45. The monoisotopic (exact) mass is 299 g/mol. The van der Waals surface area contributed by atoms with Gasteiger partial charge >= 0.3 is 0 Å². The number of nitrogens with two attached hydrogens (primary N) is 1. The average molecular weight is 299 g/mol. The molecule has 2 N–H and O–H groups in total. The van der Waals surface area contributed by atoms with E-state index in [-0.39, 0.29) is 5.75 Å². The maximum Gasteiger partial charge on any atom is 0.218 e. The molecule has 0 fully saturated rings. The lowest BCUT2D eigenvalue weighted by Gasteiger charge is -2.23. The molecule has 0 bridgehead atoms. The summed E-state index contributed by atoms with van der Waals surface area (Å²) in [6.07, 6.45) is 0.809. The highest BCUT2D eigenvalue weighted by Gasteiger charge is 2.21. The van der Waals surface area contributed by atoms with Crippen LogP contribution in [0.3, 0.4) is 0 Å². The normalized spacial score (nSPS) is 12.2. The van der Waals surface area contributed by atoms with E-state index in [0.717, 1.165) is 18.5 Å². The first-order valence-corrected chi connectivity index (χ1v) is 8.43. The summed E-state index contributed by atoms with van der Waals surface area (Å²) in [7, 11) is 0.579. The van der Waals surface area contributed by atoms with Gasteiger partial charge in [-0.15, -0.1) is 0 Å². The van der Waals surface area contributed by atoms with Crippen LogP contribution in [0.15, 0.2) is 24.3 Å². The number of sulfonamides is 1. The van der Waals surface area contributed by atoms with Crippen molar-refractivity contribution in [2.75, 3.05) is 39.5 Å². The van der Waals surface area contributed by atoms with Crippen molar-refractivity contribution in [3.63, 3.8) is 0 Å². The molecule has 1 rings (SSSR count). The summed E-state index contributed by atoms with van der Waals surface area (Å²) in [5.41, 5.74) is 7.02. The number of nitrogens with zero attached hydrogens (tertiary/aromatic N) is 2. The molecule has 0 aliphatic carbocycles. The van der Waals surface area contributed by atoms with E-state index in [1.165, 1.54) is 0 Å². The smallest absolute Gasteiger partial charge is 0.218 e.